The molecular weight excluding hydrogens is 286 g/mol. The molecule has 0 radical (unpaired) electrons. The summed E-state index contributed by atoms with van der Waals surface area (Å²) in [5.74, 6) is 0.948. The second kappa shape index (κ2) is 6.29. The van der Waals surface area contributed by atoms with Gasteiger partial charge in [0.15, 0.2) is 0 Å². The van der Waals surface area contributed by atoms with Gasteiger partial charge in [-0.25, -0.2) is 0 Å². The van der Waals surface area contributed by atoms with Gasteiger partial charge in [0.05, 0.1) is 12.6 Å². The van der Waals surface area contributed by atoms with Gasteiger partial charge in [-0.3, -0.25) is 9.36 Å². The minimum Gasteiger partial charge on any atom is -0.497 e. The number of hydrogen-bond donors (Lipinski definition) is 0. The van der Waals surface area contributed by atoms with Gasteiger partial charge in [-0.2, -0.15) is 0 Å². The molecule has 2 aromatic carbocycles. The van der Waals surface area contributed by atoms with Crippen LogP contribution in [-0.4, -0.2) is 17.6 Å². The standard InChI is InChI=1S/C20H21NO2/c1-14-15(2)21(19-11-10-17(23-3)13-18(14)19)20(22)12-9-16-7-5-4-6-8-16/h4-8,10-11,13H,9,12H2,1-3H3. The van der Waals surface area contributed by atoms with Crippen LogP contribution in [0.4, 0.5) is 0 Å². The van der Waals surface area contributed by atoms with Crippen LogP contribution in [0.25, 0.3) is 10.9 Å². The van der Waals surface area contributed by atoms with Gasteiger partial charge < -0.3 is 4.74 Å². The minimum atomic E-state index is 0.134. The summed E-state index contributed by atoms with van der Waals surface area (Å²) < 4.78 is 7.14. The molecule has 0 saturated heterocycles. The molecule has 1 aromatic heterocycles. The van der Waals surface area contributed by atoms with E-state index in [1.807, 2.05) is 47.9 Å². The van der Waals surface area contributed by atoms with E-state index in [1.165, 1.54) is 5.56 Å². The number of ether oxygens (including phenoxy) is 1. The minimum absolute atomic E-state index is 0.134. The van der Waals surface area contributed by atoms with Crippen molar-refractivity contribution in [2.24, 2.45) is 0 Å². The molecule has 0 spiro atoms. The van der Waals surface area contributed by atoms with Crippen LogP contribution in [0.3, 0.4) is 0 Å². The number of aryl methyl sites for hydroxylation is 2. The molecule has 0 bridgehead atoms. The smallest absolute Gasteiger partial charge is 0.231 e. The lowest BCUT2D eigenvalue weighted by molar-refractivity contribution is 0.0906. The number of rotatable bonds is 4. The Morgan fingerprint density at radius 3 is 2.52 bits per heavy atom. The lowest BCUT2D eigenvalue weighted by Crippen LogP contribution is -2.13. The number of nitrogens with zero attached hydrogens (tertiary/aromatic N) is 1. The first-order chi connectivity index (χ1) is 11.1. The molecule has 23 heavy (non-hydrogen) atoms. The normalized spacial score (nSPS) is 10.9. The number of aromatic nitrogens is 1. The third-order valence-corrected chi connectivity index (χ3v) is 4.45. The number of carbonyl (C=O) groups excluding carboxylic acids is 1. The van der Waals surface area contributed by atoms with Crippen LogP contribution in [0.5, 0.6) is 5.75 Å². The van der Waals surface area contributed by atoms with Crippen LogP contribution in [0.1, 0.15) is 28.0 Å². The molecule has 0 aliphatic carbocycles. The molecule has 0 amide bonds. The maximum atomic E-state index is 12.8. The van der Waals surface area contributed by atoms with Gasteiger partial charge in [0, 0.05) is 17.5 Å². The fraction of sp³-hybridized carbons (Fsp3) is 0.250. The molecule has 0 aliphatic heterocycles. The van der Waals surface area contributed by atoms with E-state index in [0.717, 1.165) is 34.3 Å². The van der Waals surface area contributed by atoms with E-state index in [9.17, 15) is 4.79 Å². The summed E-state index contributed by atoms with van der Waals surface area (Å²) in [7, 11) is 1.66. The van der Waals surface area contributed by atoms with Crippen LogP contribution in [0, 0.1) is 13.8 Å². The highest BCUT2D eigenvalue weighted by Crippen LogP contribution is 2.29. The largest absolute Gasteiger partial charge is 0.497 e. The van der Waals surface area contributed by atoms with Crippen LogP contribution >= 0.6 is 0 Å². The number of hydrogen-bond acceptors (Lipinski definition) is 2. The van der Waals surface area contributed by atoms with Gasteiger partial charge in [0.25, 0.3) is 0 Å². The predicted octanol–water partition coefficient (Wildman–Crippen LogP) is 4.54. The molecule has 118 valence electrons. The first kappa shape index (κ1) is 15.3. The zero-order valence-electron chi connectivity index (χ0n) is 13.8. The van der Waals surface area contributed by atoms with Crippen molar-refractivity contribution in [3.63, 3.8) is 0 Å². The van der Waals surface area contributed by atoms with Crippen molar-refractivity contribution in [1.29, 1.82) is 0 Å². The summed E-state index contributed by atoms with van der Waals surface area (Å²) in [6.45, 7) is 4.06. The van der Waals surface area contributed by atoms with Crippen molar-refractivity contribution in [2.75, 3.05) is 7.11 Å². The fourth-order valence-electron chi connectivity index (χ4n) is 3.01. The van der Waals surface area contributed by atoms with E-state index >= 15 is 0 Å². The zero-order valence-corrected chi connectivity index (χ0v) is 13.8. The van der Waals surface area contributed by atoms with Gasteiger partial charge >= 0.3 is 0 Å². The van der Waals surface area contributed by atoms with Gasteiger partial charge in [-0.1, -0.05) is 30.3 Å². The van der Waals surface area contributed by atoms with Gasteiger partial charge in [0.2, 0.25) is 5.91 Å². The average Bonchev–Trinajstić information content (AvgIpc) is 2.84. The van der Waals surface area contributed by atoms with Crippen molar-refractivity contribution in [1.82, 2.24) is 4.57 Å². The Morgan fingerprint density at radius 2 is 1.83 bits per heavy atom. The van der Waals surface area contributed by atoms with Crippen molar-refractivity contribution in [3.8, 4) is 5.75 Å². The molecule has 0 N–H and O–H groups in total. The van der Waals surface area contributed by atoms with Crippen molar-refractivity contribution < 1.29 is 9.53 Å². The lowest BCUT2D eigenvalue weighted by Gasteiger charge is -2.08. The summed E-state index contributed by atoms with van der Waals surface area (Å²) in [4.78, 5) is 12.8. The van der Waals surface area contributed by atoms with Crippen LogP contribution in [0.15, 0.2) is 48.5 Å². The second-order valence-corrected chi connectivity index (χ2v) is 5.81. The first-order valence-electron chi connectivity index (χ1n) is 7.84. The molecule has 0 aliphatic rings. The van der Waals surface area contributed by atoms with Gasteiger partial charge in [-0.05, 0) is 49.6 Å². The number of carbonyl (C=O) groups is 1. The predicted molar refractivity (Wildman–Crippen MR) is 93.4 cm³/mol. The highest BCUT2D eigenvalue weighted by Gasteiger charge is 2.16. The Morgan fingerprint density at radius 1 is 1.09 bits per heavy atom. The number of benzene rings is 2. The fourth-order valence-corrected chi connectivity index (χ4v) is 3.01. The van der Waals surface area contributed by atoms with Gasteiger partial charge in [0.1, 0.15) is 5.75 Å². The van der Waals surface area contributed by atoms with E-state index in [-0.39, 0.29) is 5.91 Å². The summed E-state index contributed by atoms with van der Waals surface area (Å²) >= 11 is 0. The topological polar surface area (TPSA) is 31.2 Å². The van der Waals surface area contributed by atoms with E-state index in [4.69, 9.17) is 4.74 Å². The quantitative estimate of drug-likeness (QED) is 0.708. The molecule has 0 saturated carbocycles. The summed E-state index contributed by atoms with van der Waals surface area (Å²) in [6, 6.07) is 16.0. The molecule has 3 rings (SSSR count). The molecule has 3 heteroatoms. The highest BCUT2D eigenvalue weighted by molar-refractivity contribution is 5.96. The Labute approximate surface area is 136 Å². The molecule has 0 fully saturated rings. The highest BCUT2D eigenvalue weighted by atomic mass is 16.5. The Balaban J connectivity index is 1.92. The van der Waals surface area contributed by atoms with Crippen LogP contribution in [-0.2, 0) is 6.42 Å². The molecule has 3 nitrogen and oxygen atoms in total. The van der Waals surface area contributed by atoms with E-state index in [1.54, 1.807) is 7.11 Å². The maximum absolute atomic E-state index is 12.8. The molecule has 0 unspecified atom stereocenters. The SMILES string of the molecule is COc1ccc2c(c1)c(C)c(C)n2C(=O)CCc1ccccc1. The Kier molecular flexibility index (Phi) is 4.20. The summed E-state index contributed by atoms with van der Waals surface area (Å²) in [5, 5.41) is 1.08. The third-order valence-electron chi connectivity index (χ3n) is 4.45. The molecular formula is C20H21NO2. The molecule has 1 heterocycles. The lowest BCUT2D eigenvalue weighted by atomic mass is 10.1. The average molecular weight is 307 g/mol. The Bertz CT molecular complexity index is 847. The molecule has 0 atom stereocenters. The Hall–Kier alpha value is -2.55. The van der Waals surface area contributed by atoms with E-state index in [0.29, 0.717) is 6.42 Å². The maximum Gasteiger partial charge on any atom is 0.231 e. The van der Waals surface area contributed by atoms with Crippen LogP contribution < -0.4 is 4.74 Å². The van der Waals surface area contributed by atoms with Crippen molar-refractivity contribution in [2.45, 2.75) is 26.7 Å². The van der Waals surface area contributed by atoms with Gasteiger partial charge in [-0.15, -0.1) is 0 Å². The first-order valence-corrected chi connectivity index (χ1v) is 7.84. The summed E-state index contributed by atoms with van der Waals surface area (Å²) in [5.41, 5.74) is 4.28. The monoisotopic (exact) mass is 307 g/mol. The number of fused-ring (bicyclic) bond motifs is 1. The third kappa shape index (κ3) is 2.87. The zero-order chi connectivity index (χ0) is 16.4. The van der Waals surface area contributed by atoms with Crippen LogP contribution in [0.2, 0.25) is 0 Å². The van der Waals surface area contributed by atoms with Crippen molar-refractivity contribution in [3.05, 3.63) is 65.4 Å². The van der Waals surface area contributed by atoms with E-state index < -0.39 is 0 Å². The van der Waals surface area contributed by atoms with E-state index in [2.05, 4.69) is 19.1 Å². The summed E-state index contributed by atoms with van der Waals surface area (Å²) in [6.07, 6.45) is 1.26. The second-order valence-electron chi connectivity index (χ2n) is 5.81. The molecule has 3 aromatic rings. The van der Waals surface area contributed by atoms with Crippen molar-refractivity contribution >= 4 is 16.8 Å². The number of methoxy groups -OCH3 is 1.